The van der Waals surface area contributed by atoms with E-state index in [-0.39, 0.29) is 12.5 Å². The molecule has 0 radical (unpaired) electrons. The zero-order valence-electron chi connectivity index (χ0n) is 10.4. The number of carbonyl (C=O) groups excluding carboxylic acids is 2. The number of methoxy groups -OCH3 is 1. The molecule has 2 amide bonds. The van der Waals surface area contributed by atoms with Crippen LogP contribution in [0.1, 0.15) is 12.5 Å². The lowest BCUT2D eigenvalue weighted by Crippen LogP contribution is -2.32. The Kier molecular flexibility index (Phi) is 4.92. The summed E-state index contributed by atoms with van der Waals surface area (Å²) in [4.78, 5) is 22.0. The molecule has 0 saturated carbocycles. The third-order valence-corrected chi connectivity index (χ3v) is 2.32. The molecule has 0 saturated heterocycles. The SMILES string of the molecule is COc1ccccc1/C(C)=C/C(=O)NCC(N)=O. The third kappa shape index (κ3) is 3.93. The van der Waals surface area contributed by atoms with E-state index < -0.39 is 5.91 Å². The van der Waals surface area contributed by atoms with E-state index in [1.165, 1.54) is 6.08 Å². The third-order valence-electron chi connectivity index (χ3n) is 2.32. The largest absolute Gasteiger partial charge is 0.496 e. The van der Waals surface area contributed by atoms with Gasteiger partial charge in [0.2, 0.25) is 11.8 Å². The minimum Gasteiger partial charge on any atom is -0.496 e. The van der Waals surface area contributed by atoms with Crippen molar-refractivity contribution < 1.29 is 14.3 Å². The quantitative estimate of drug-likeness (QED) is 0.752. The fourth-order valence-corrected chi connectivity index (χ4v) is 1.47. The first-order chi connectivity index (χ1) is 8.54. The van der Waals surface area contributed by atoms with E-state index in [0.29, 0.717) is 5.75 Å². The average molecular weight is 248 g/mol. The van der Waals surface area contributed by atoms with Crippen LogP contribution >= 0.6 is 0 Å². The summed E-state index contributed by atoms with van der Waals surface area (Å²) in [5.41, 5.74) is 6.51. The second-order valence-electron chi connectivity index (χ2n) is 3.71. The molecule has 0 aliphatic carbocycles. The Hall–Kier alpha value is -2.30. The van der Waals surface area contributed by atoms with Gasteiger partial charge in [0.15, 0.2) is 0 Å². The molecule has 5 nitrogen and oxygen atoms in total. The van der Waals surface area contributed by atoms with Gasteiger partial charge < -0.3 is 15.8 Å². The van der Waals surface area contributed by atoms with Crippen molar-refractivity contribution >= 4 is 17.4 Å². The molecule has 18 heavy (non-hydrogen) atoms. The number of hydrogen-bond acceptors (Lipinski definition) is 3. The van der Waals surface area contributed by atoms with E-state index in [9.17, 15) is 9.59 Å². The molecule has 1 rings (SSSR count). The van der Waals surface area contributed by atoms with Crippen molar-refractivity contribution in [2.45, 2.75) is 6.92 Å². The summed E-state index contributed by atoms with van der Waals surface area (Å²) < 4.78 is 5.20. The maximum Gasteiger partial charge on any atom is 0.244 e. The van der Waals surface area contributed by atoms with Crippen molar-refractivity contribution in [2.24, 2.45) is 5.73 Å². The lowest BCUT2D eigenvalue weighted by atomic mass is 10.1. The van der Waals surface area contributed by atoms with Gasteiger partial charge in [-0.25, -0.2) is 0 Å². The number of rotatable bonds is 5. The molecule has 5 heteroatoms. The van der Waals surface area contributed by atoms with Crippen molar-refractivity contribution in [1.82, 2.24) is 5.32 Å². The number of nitrogens with one attached hydrogen (secondary N) is 1. The molecule has 0 heterocycles. The smallest absolute Gasteiger partial charge is 0.244 e. The first-order valence-corrected chi connectivity index (χ1v) is 5.42. The first-order valence-electron chi connectivity index (χ1n) is 5.42. The highest BCUT2D eigenvalue weighted by Crippen LogP contribution is 2.24. The molecule has 0 spiro atoms. The monoisotopic (exact) mass is 248 g/mol. The van der Waals surface area contributed by atoms with Crippen LogP contribution in [0, 0.1) is 0 Å². The van der Waals surface area contributed by atoms with E-state index in [1.54, 1.807) is 14.0 Å². The Morgan fingerprint density at radius 2 is 2.06 bits per heavy atom. The normalized spacial score (nSPS) is 10.9. The highest BCUT2D eigenvalue weighted by Gasteiger charge is 2.06. The van der Waals surface area contributed by atoms with Crippen LogP contribution in [-0.2, 0) is 9.59 Å². The molecule has 0 aliphatic rings. The standard InChI is InChI=1S/C13H16N2O3/c1-9(7-13(17)15-8-12(14)16)10-5-3-4-6-11(10)18-2/h3-7H,8H2,1-2H3,(H2,14,16)(H,15,17)/b9-7+. The van der Waals surface area contributed by atoms with Crippen molar-refractivity contribution in [3.05, 3.63) is 35.9 Å². The van der Waals surface area contributed by atoms with Crippen molar-refractivity contribution in [2.75, 3.05) is 13.7 Å². The summed E-state index contributed by atoms with van der Waals surface area (Å²) in [5.74, 6) is -0.252. The average Bonchev–Trinajstić information content (AvgIpc) is 2.36. The number of allylic oxidation sites excluding steroid dienone is 1. The highest BCUT2D eigenvalue weighted by molar-refractivity contribution is 5.97. The van der Waals surface area contributed by atoms with E-state index in [2.05, 4.69) is 5.32 Å². The fourth-order valence-electron chi connectivity index (χ4n) is 1.47. The van der Waals surface area contributed by atoms with Crippen LogP contribution < -0.4 is 15.8 Å². The number of carbonyl (C=O) groups is 2. The van der Waals surface area contributed by atoms with Gasteiger partial charge in [-0.05, 0) is 18.6 Å². The maximum absolute atomic E-state index is 11.5. The van der Waals surface area contributed by atoms with Gasteiger partial charge >= 0.3 is 0 Å². The Morgan fingerprint density at radius 3 is 2.67 bits per heavy atom. The van der Waals surface area contributed by atoms with Crippen molar-refractivity contribution in [3.8, 4) is 5.75 Å². The molecule has 0 fully saturated rings. The number of hydrogen-bond donors (Lipinski definition) is 2. The molecule has 96 valence electrons. The van der Waals surface area contributed by atoms with Gasteiger partial charge in [-0.2, -0.15) is 0 Å². The van der Waals surface area contributed by atoms with Crippen LogP contribution in [0.5, 0.6) is 5.75 Å². The molecular weight excluding hydrogens is 232 g/mol. The van der Waals surface area contributed by atoms with Gasteiger partial charge in [-0.3, -0.25) is 9.59 Å². The number of primary amides is 1. The summed E-state index contributed by atoms with van der Waals surface area (Å²) in [6, 6.07) is 7.37. The topological polar surface area (TPSA) is 81.4 Å². The van der Waals surface area contributed by atoms with Crippen LogP contribution in [0.3, 0.4) is 0 Å². The Bertz CT molecular complexity index is 481. The van der Waals surface area contributed by atoms with Crippen LogP contribution in [0.2, 0.25) is 0 Å². The first kappa shape index (κ1) is 13.8. The van der Waals surface area contributed by atoms with Crippen LogP contribution in [0.4, 0.5) is 0 Å². The molecule has 0 atom stereocenters. The van der Waals surface area contributed by atoms with E-state index in [1.807, 2.05) is 24.3 Å². The zero-order valence-corrected chi connectivity index (χ0v) is 10.4. The van der Waals surface area contributed by atoms with E-state index in [0.717, 1.165) is 11.1 Å². The summed E-state index contributed by atoms with van der Waals surface area (Å²) in [6.45, 7) is 1.62. The maximum atomic E-state index is 11.5. The minimum absolute atomic E-state index is 0.172. The van der Waals surface area contributed by atoms with E-state index in [4.69, 9.17) is 10.5 Å². The van der Waals surface area contributed by atoms with Crippen LogP contribution in [-0.4, -0.2) is 25.5 Å². The van der Waals surface area contributed by atoms with Crippen LogP contribution in [0.25, 0.3) is 5.57 Å². The highest BCUT2D eigenvalue weighted by atomic mass is 16.5. The minimum atomic E-state index is -0.577. The van der Waals surface area contributed by atoms with Gasteiger partial charge in [0.05, 0.1) is 13.7 Å². The molecule has 3 N–H and O–H groups in total. The van der Waals surface area contributed by atoms with Gasteiger partial charge in [0.1, 0.15) is 5.75 Å². The Labute approximate surface area is 106 Å². The number of ether oxygens (including phenoxy) is 1. The summed E-state index contributed by atoms with van der Waals surface area (Å²) in [6.07, 6.45) is 1.40. The molecule has 0 unspecified atom stereocenters. The van der Waals surface area contributed by atoms with Gasteiger partial charge in [0, 0.05) is 11.6 Å². The molecule has 0 bridgehead atoms. The Morgan fingerprint density at radius 1 is 1.39 bits per heavy atom. The predicted octanol–water partition coefficient (Wildman–Crippen LogP) is 0.700. The van der Waals surface area contributed by atoms with Gasteiger partial charge in [0.25, 0.3) is 0 Å². The molecular formula is C13H16N2O3. The number of benzene rings is 1. The van der Waals surface area contributed by atoms with Crippen LogP contribution in [0.15, 0.2) is 30.3 Å². The fraction of sp³-hybridized carbons (Fsp3) is 0.231. The molecule has 1 aromatic carbocycles. The number of nitrogens with two attached hydrogens (primary N) is 1. The second kappa shape index (κ2) is 6.44. The number of para-hydroxylation sites is 1. The summed E-state index contributed by atoms with van der Waals surface area (Å²) >= 11 is 0. The predicted molar refractivity (Wildman–Crippen MR) is 68.8 cm³/mol. The van der Waals surface area contributed by atoms with E-state index >= 15 is 0 Å². The summed E-state index contributed by atoms with van der Waals surface area (Å²) in [5, 5.41) is 2.39. The Balaban J connectivity index is 2.82. The number of amides is 2. The van der Waals surface area contributed by atoms with Crippen molar-refractivity contribution in [1.29, 1.82) is 0 Å². The molecule has 1 aromatic rings. The lowest BCUT2D eigenvalue weighted by molar-refractivity contribution is -0.122. The second-order valence-corrected chi connectivity index (χ2v) is 3.71. The molecule has 0 aliphatic heterocycles. The lowest BCUT2D eigenvalue weighted by Gasteiger charge is -2.08. The van der Waals surface area contributed by atoms with Gasteiger partial charge in [-0.15, -0.1) is 0 Å². The van der Waals surface area contributed by atoms with Crippen molar-refractivity contribution in [3.63, 3.8) is 0 Å². The summed E-state index contributed by atoms with van der Waals surface area (Å²) in [7, 11) is 1.57. The van der Waals surface area contributed by atoms with Gasteiger partial charge in [-0.1, -0.05) is 18.2 Å². The zero-order chi connectivity index (χ0) is 13.5. The molecule has 0 aromatic heterocycles.